The van der Waals surface area contributed by atoms with Crippen LogP contribution in [0.4, 0.5) is 10.5 Å². The minimum absolute atomic E-state index is 0.263. The number of pyridine rings is 1. The molecule has 2 aromatic carbocycles. The predicted octanol–water partition coefficient (Wildman–Crippen LogP) is 4.14. The Hall–Kier alpha value is -3.18. The zero-order valence-electron chi connectivity index (χ0n) is 14.6. The van der Waals surface area contributed by atoms with Crippen LogP contribution in [-0.2, 0) is 11.3 Å². The SMILES string of the molecule is COCc1cccc(NC(=O)N[C@@H](c2ccccc2)c2ccncc2)c1. The number of anilines is 1. The summed E-state index contributed by atoms with van der Waals surface area (Å²) in [4.78, 5) is 16.6. The normalized spacial score (nSPS) is 11.6. The Morgan fingerprint density at radius 1 is 1.00 bits per heavy atom. The lowest BCUT2D eigenvalue weighted by Crippen LogP contribution is -2.33. The zero-order valence-corrected chi connectivity index (χ0v) is 14.6. The van der Waals surface area contributed by atoms with Crippen molar-refractivity contribution >= 4 is 11.7 Å². The van der Waals surface area contributed by atoms with Crippen molar-refractivity contribution in [3.8, 4) is 0 Å². The number of benzene rings is 2. The molecule has 0 unspecified atom stereocenters. The third kappa shape index (κ3) is 4.68. The molecule has 26 heavy (non-hydrogen) atoms. The van der Waals surface area contributed by atoms with Crippen LogP contribution in [0.15, 0.2) is 79.1 Å². The van der Waals surface area contributed by atoms with E-state index in [0.29, 0.717) is 6.61 Å². The molecule has 0 aliphatic heterocycles. The second-order valence-electron chi connectivity index (χ2n) is 5.86. The number of hydrogen-bond acceptors (Lipinski definition) is 3. The Morgan fingerprint density at radius 3 is 2.46 bits per heavy atom. The minimum atomic E-state index is -0.273. The third-order valence-corrected chi connectivity index (χ3v) is 3.94. The lowest BCUT2D eigenvalue weighted by molar-refractivity contribution is 0.185. The zero-order chi connectivity index (χ0) is 18.2. The summed E-state index contributed by atoms with van der Waals surface area (Å²) in [6, 6.07) is 20.7. The number of carbonyl (C=O) groups excluding carboxylic acids is 1. The number of urea groups is 1. The topological polar surface area (TPSA) is 63.2 Å². The molecular formula is C21H21N3O2. The summed E-state index contributed by atoms with van der Waals surface area (Å²) in [5, 5.41) is 5.93. The van der Waals surface area contributed by atoms with Crippen molar-refractivity contribution in [1.29, 1.82) is 0 Å². The molecule has 0 saturated heterocycles. The van der Waals surface area contributed by atoms with Gasteiger partial charge in [0.15, 0.2) is 0 Å². The summed E-state index contributed by atoms with van der Waals surface area (Å²) in [5.74, 6) is 0. The number of nitrogens with zero attached hydrogens (tertiary/aromatic N) is 1. The first kappa shape index (κ1) is 17.6. The summed E-state index contributed by atoms with van der Waals surface area (Å²) in [6.45, 7) is 0.501. The van der Waals surface area contributed by atoms with Crippen molar-refractivity contribution in [2.24, 2.45) is 0 Å². The van der Waals surface area contributed by atoms with E-state index in [1.165, 1.54) is 0 Å². The van der Waals surface area contributed by atoms with Crippen molar-refractivity contribution in [2.45, 2.75) is 12.6 Å². The van der Waals surface area contributed by atoms with Crippen LogP contribution >= 0.6 is 0 Å². The summed E-state index contributed by atoms with van der Waals surface area (Å²) >= 11 is 0. The molecule has 0 spiro atoms. The maximum absolute atomic E-state index is 12.6. The molecule has 5 nitrogen and oxygen atoms in total. The van der Waals surface area contributed by atoms with Crippen molar-refractivity contribution in [3.05, 3.63) is 95.8 Å². The van der Waals surface area contributed by atoms with Crippen LogP contribution in [0.3, 0.4) is 0 Å². The van der Waals surface area contributed by atoms with Gasteiger partial charge in [0.25, 0.3) is 0 Å². The highest BCUT2D eigenvalue weighted by Crippen LogP contribution is 2.21. The highest BCUT2D eigenvalue weighted by atomic mass is 16.5. The monoisotopic (exact) mass is 347 g/mol. The van der Waals surface area contributed by atoms with Gasteiger partial charge in [-0.3, -0.25) is 4.98 Å². The van der Waals surface area contributed by atoms with E-state index >= 15 is 0 Å². The predicted molar refractivity (Wildman–Crippen MR) is 102 cm³/mol. The van der Waals surface area contributed by atoms with Crippen LogP contribution in [0.25, 0.3) is 0 Å². The van der Waals surface area contributed by atoms with Gasteiger partial charge in [0.1, 0.15) is 0 Å². The standard InChI is InChI=1S/C21H21N3O2/c1-26-15-16-6-5-9-19(14-16)23-21(25)24-20(17-7-3-2-4-8-17)18-10-12-22-13-11-18/h2-14,20H,15H2,1H3,(H2,23,24,25)/t20-/m0/s1. The fourth-order valence-corrected chi connectivity index (χ4v) is 2.76. The van der Waals surface area contributed by atoms with Crippen molar-refractivity contribution in [1.82, 2.24) is 10.3 Å². The van der Waals surface area contributed by atoms with Crippen molar-refractivity contribution in [2.75, 3.05) is 12.4 Å². The first-order valence-electron chi connectivity index (χ1n) is 8.36. The lowest BCUT2D eigenvalue weighted by Gasteiger charge is -2.20. The summed E-state index contributed by atoms with van der Waals surface area (Å²) in [5.41, 5.74) is 3.69. The van der Waals surface area contributed by atoms with Gasteiger partial charge in [-0.2, -0.15) is 0 Å². The van der Waals surface area contributed by atoms with E-state index in [0.717, 1.165) is 22.4 Å². The molecule has 1 atom stereocenters. The van der Waals surface area contributed by atoms with E-state index in [4.69, 9.17) is 4.74 Å². The molecule has 132 valence electrons. The number of methoxy groups -OCH3 is 1. The number of rotatable bonds is 6. The molecule has 3 aromatic rings. The maximum Gasteiger partial charge on any atom is 0.319 e. The van der Waals surface area contributed by atoms with Crippen LogP contribution in [-0.4, -0.2) is 18.1 Å². The van der Waals surface area contributed by atoms with Gasteiger partial charge in [0.2, 0.25) is 0 Å². The first-order valence-corrected chi connectivity index (χ1v) is 8.36. The number of hydrogen-bond donors (Lipinski definition) is 2. The molecule has 1 heterocycles. The molecule has 0 aliphatic carbocycles. The van der Waals surface area contributed by atoms with Crippen LogP contribution in [0, 0.1) is 0 Å². The van der Waals surface area contributed by atoms with E-state index in [-0.39, 0.29) is 12.1 Å². The molecular weight excluding hydrogens is 326 g/mol. The Balaban J connectivity index is 1.77. The van der Waals surface area contributed by atoms with Crippen molar-refractivity contribution < 1.29 is 9.53 Å². The Morgan fingerprint density at radius 2 is 1.73 bits per heavy atom. The number of aromatic nitrogens is 1. The molecule has 3 rings (SSSR count). The van der Waals surface area contributed by atoms with Gasteiger partial charge in [-0.1, -0.05) is 42.5 Å². The van der Waals surface area contributed by atoms with Gasteiger partial charge < -0.3 is 15.4 Å². The molecule has 1 aromatic heterocycles. The summed E-state index contributed by atoms with van der Waals surface area (Å²) < 4.78 is 5.13. The van der Waals surface area contributed by atoms with Gasteiger partial charge in [0.05, 0.1) is 12.6 Å². The minimum Gasteiger partial charge on any atom is -0.380 e. The second kappa shape index (κ2) is 8.78. The number of nitrogens with one attached hydrogen (secondary N) is 2. The fraction of sp³-hybridized carbons (Fsp3) is 0.143. The highest BCUT2D eigenvalue weighted by Gasteiger charge is 2.16. The Kier molecular flexibility index (Phi) is 5.96. The van der Waals surface area contributed by atoms with Gasteiger partial charge in [0, 0.05) is 25.2 Å². The van der Waals surface area contributed by atoms with Gasteiger partial charge in [-0.05, 0) is 41.0 Å². The largest absolute Gasteiger partial charge is 0.380 e. The molecule has 0 saturated carbocycles. The third-order valence-electron chi connectivity index (χ3n) is 3.94. The van der Waals surface area contributed by atoms with E-state index in [1.807, 2.05) is 66.7 Å². The van der Waals surface area contributed by atoms with E-state index in [9.17, 15) is 4.79 Å². The van der Waals surface area contributed by atoms with E-state index in [1.54, 1.807) is 19.5 Å². The van der Waals surface area contributed by atoms with Crippen LogP contribution in [0.1, 0.15) is 22.7 Å². The molecule has 0 fully saturated rings. The van der Waals surface area contributed by atoms with Gasteiger partial charge in [-0.15, -0.1) is 0 Å². The number of carbonyl (C=O) groups is 1. The number of ether oxygens (including phenoxy) is 1. The van der Waals surface area contributed by atoms with Crippen LogP contribution < -0.4 is 10.6 Å². The second-order valence-corrected chi connectivity index (χ2v) is 5.86. The average Bonchev–Trinajstić information content (AvgIpc) is 2.68. The Labute approximate surface area is 153 Å². The molecule has 0 aliphatic rings. The molecule has 2 N–H and O–H groups in total. The fourth-order valence-electron chi connectivity index (χ4n) is 2.76. The van der Waals surface area contributed by atoms with E-state index < -0.39 is 0 Å². The van der Waals surface area contributed by atoms with Crippen molar-refractivity contribution in [3.63, 3.8) is 0 Å². The van der Waals surface area contributed by atoms with Crippen LogP contribution in [0.5, 0.6) is 0 Å². The molecule has 0 bridgehead atoms. The summed E-state index contributed by atoms with van der Waals surface area (Å²) in [7, 11) is 1.64. The smallest absolute Gasteiger partial charge is 0.319 e. The molecule has 2 amide bonds. The van der Waals surface area contributed by atoms with Gasteiger partial charge >= 0.3 is 6.03 Å². The maximum atomic E-state index is 12.6. The Bertz CT molecular complexity index is 799. The van der Waals surface area contributed by atoms with Crippen LogP contribution in [0.2, 0.25) is 0 Å². The first-order chi connectivity index (χ1) is 12.8. The molecule has 0 radical (unpaired) electrons. The summed E-state index contributed by atoms with van der Waals surface area (Å²) in [6.07, 6.45) is 3.44. The quantitative estimate of drug-likeness (QED) is 0.704. The van der Waals surface area contributed by atoms with Gasteiger partial charge in [-0.25, -0.2) is 4.79 Å². The average molecular weight is 347 g/mol. The lowest BCUT2D eigenvalue weighted by atomic mass is 10.00. The van der Waals surface area contributed by atoms with E-state index in [2.05, 4.69) is 15.6 Å². The molecule has 5 heteroatoms. The highest BCUT2D eigenvalue weighted by molar-refractivity contribution is 5.89. The number of amides is 2.